The molecule has 2 aliphatic rings. The van der Waals surface area contributed by atoms with Crippen molar-refractivity contribution in [3.05, 3.63) is 60.2 Å². The van der Waals surface area contributed by atoms with Gasteiger partial charge in [0.15, 0.2) is 0 Å². The molecule has 8 nitrogen and oxygen atoms in total. The number of ether oxygens (including phenoxy) is 1. The Bertz CT molecular complexity index is 1120. The van der Waals surface area contributed by atoms with Crippen molar-refractivity contribution in [3.8, 4) is 0 Å². The van der Waals surface area contributed by atoms with Gasteiger partial charge in [-0.3, -0.25) is 19.3 Å². The highest BCUT2D eigenvalue weighted by molar-refractivity contribution is 5.97. The van der Waals surface area contributed by atoms with Crippen molar-refractivity contribution >= 4 is 29.2 Å². The molecule has 11 heteroatoms. The predicted octanol–water partition coefficient (Wildman–Crippen LogP) is 3.39. The third-order valence-electron chi connectivity index (χ3n) is 6.92. The number of anilines is 2. The lowest BCUT2D eigenvalue weighted by atomic mass is 9.85. The lowest BCUT2D eigenvalue weighted by Crippen LogP contribution is -2.59. The topological polar surface area (TPSA) is 91.0 Å². The second kappa shape index (κ2) is 10.8. The summed E-state index contributed by atoms with van der Waals surface area (Å²) in [5.74, 6) is -1.16. The molecular weight excluding hydrogens is 489 g/mol. The van der Waals surface area contributed by atoms with Gasteiger partial charge >= 0.3 is 12.1 Å². The molecule has 2 N–H and O–H groups in total. The number of esters is 1. The fraction of sp³-hybridized carbons (Fsp3) is 0.423. The van der Waals surface area contributed by atoms with Gasteiger partial charge in [-0.25, -0.2) is 0 Å². The molecule has 37 heavy (non-hydrogen) atoms. The molecule has 1 atom stereocenters. The summed E-state index contributed by atoms with van der Waals surface area (Å²) in [4.78, 5) is 42.4. The monoisotopic (exact) mass is 518 g/mol. The SMILES string of the molecule is CCOC(=O)CC(C(=O)Nc1ccc(C(F)(F)F)cc1)N1CCC2(CC1)C(=O)NCN2c1ccccc1. The summed E-state index contributed by atoms with van der Waals surface area (Å²) in [6.07, 6.45) is -3.85. The fourth-order valence-electron chi connectivity index (χ4n) is 4.97. The molecule has 2 aromatic rings. The molecule has 2 heterocycles. The molecule has 2 saturated heterocycles. The maximum atomic E-state index is 13.2. The average molecular weight is 519 g/mol. The molecule has 0 radical (unpaired) electrons. The van der Waals surface area contributed by atoms with Crippen LogP contribution in [0.1, 0.15) is 31.7 Å². The molecule has 1 spiro atoms. The zero-order valence-corrected chi connectivity index (χ0v) is 20.4. The van der Waals surface area contributed by atoms with E-state index in [9.17, 15) is 27.6 Å². The minimum atomic E-state index is -4.49. The standard InChI is InChI=1S/C26H29F3N4O4/c1-2-37-22(34)16-21(23(35)31-19-10-8-18(9-11-19)26(27,28)29)32-14-12-25(13-15-32)24(36)30-17-33(25)20-6-4-3-5-7-20/h3-11,21H,2,12-17H2,1H3,(H,30,36)(H,31,35). The van der Waals surface area contributed by atoms with Gasteiger partial charge in [0.25, 0.3) is 0 Å². The molecule has 0 aromatic heterocycles. The van der Waals surface area contributed by atoms with Crippen LogP contribution in [0.15, 0.2) is 54.6 Å². The first-order valence-corrected chi connectivity index (χ1v) is 12.1. The third kappa shape index (κ3) is 5.71. The predicted molar refractivity (Wildman–Crippen MR) is 131 cm³/mol. The number of nitrogens with one attached hydrogen (secondary N) is 2. The van der Waals surface area contributed by atoms with Crippen LogP contribution < -0.4 is 15.5 Å². The van der Waals surface area contributed by atoms with E-state index in [4.69, 9.17) is 4.74 Å². The number of para-hydroxylation sites is 1. The third-order valence-corrected chi connectivity index (χ3v) is 6.92. The van der Waals surface area contributed by atoms with Crippen molar-refractivity contribution in [3.63, 3.8) is 0 Å². The van der Waals surface area contributed by atoms with E-state index >= 15 is 0 Å². The number of carbonyl (C=O) groups excluding carboxylic acids is 3. The molecule has 2 aliphatic heterocycles. The van der Waals surface area contributed by atoms with Crippen LogP contribution in [0.25, 0.3) is 0 Å². The van der Waals surface area contributed by atoms with Gasteiger partial charge in [-0.15, -0.1) is 0 Å². The van der Waals surface area contributed by atoms with E-state index in [1.54, 1.807) is 6.92 Å². The number of benzene rings is 2. The molecule has 0 saturated carbocycles. The highest BCUT2D eigenvalue weighted by Crippen LogP contribution is 2.37. The van der Waals surface area contributed by atoms with Crippen molar-refractivity contribution in [1.29, 1.82) is 0 Å². The Balaban J connectivity index is 1.49. The maximum absolute atomic E-state index is 13.2. The van der Waals surface area contributed by atoms with Crippen LogP contribution in [0.5, 0.6) is 0 Å². The van der Waals surface area contributed by atoms with Crippen molar-refractivity contribution < 1.29 is 32.3 Å². The number of nitrogens with zero attached hydrogens (tertiary/aromatic N) is 2. The second-order valence-corrected chi connectivity index (χ2v) is 9.08. The summed E-state index contributed by atoms with van der Waals surface area (Å²) in [6.45, 7) is 2.92. The van der Waals surface area contributed by atoms with Gasteiger partial charge in [-0.2, -0.15) is 13.2 Å². The molecule has 1 unspecified atom stereocenters. The van der Waals surface area contributed by atoms with Gasteiger partial charge < -0.3 is 20.3 Å². The summed E-state index contributed by atoms with van der Waals surface area (Å²) in [6, 6.07) is 12.8. The zero-order valence-electron chi connectivity index (χ0n) is 20.4. The van der Waals surface area contributed by atoms with Crippen molar-refractivity contribution in [2.24, 2.45) is 0 Å². The van der Waals surface area contributed by atoms with E-state index in [0.29, 0.717) is 32.6 Å². The van der Waals surface area contributed by atoms with E-state index < -0.39 is 35.2 Å². The summed E-state index contributed by atoms with van der Waals surface area (Å²) >= 11 is 0. The first-order chi connectivity index (χ1) is 17.6. The minimum absolute atomic E-state index is 0.0767. The Morgan fingerprint density at radius 3 is 2.32 bits per heavy atom. The van der Waals surface area contributed by atoms with Gasteiger partial charge in [0, 0.05) is 24.5 Å². The number of piperidine rings is 1. The minimum Gasteiger partial charge on any atom is -0.466 e. The zero-order chi connectivity index (χ0) is 26.6. The number of hydrogen-bond donors (Lipinski definition) is 2. The molecule has 2 fully saturated rings. The molecule has 4 rings (SSSR count). The highest BCUT2D eigenvalue weighted by atomic mass is 19.4. The first kappa shape index (κ1) is 26.5. The molecular formula is C26H29F3N4O4. The van der Waals surface area contributed by atoms with Crippen LogP contribution in [-0.2, 0) is 25.3 Å². The highest BCUT2D eigenvalue weighted by Gasteiger charge is 2.51. The number of rotatable bonds is 7. The number of likely N-dealkylation sites (tertiary alicyclic amines) is 1. The fourth-order valence-corrected chi connectivity index (χ4v) is 4.97. The first-order valence-electron chi connectivity index (χ1n) is 12.1. The molecule has 2 amide bonds. The number of alkyl halides is 3. The largest absolute Gasteiger partial charge is 0.466 e. The van der Waals surface area contributed by atoms with E-state index in [0.717, 1.165) is 17.8 Å². The quantitative estimate of drug-likeness (QED) is 0.547. The van der Waals surface area contributed by atoms with E-state index in [-0.39, 0.29) is 24.6 Å². The van der Waals surface area contributed by atoms with Crippen molar-refractivity contribution in [2.75, 3.05) is 36.6 Å². The number of hydrogen-bond acceptors (Lipinski definition) is 6. The van der Waals surface area contributed by atoms with E-state index in [1.165, 1.54) is 12.1 Å². The number of halogens is 3. The lowest BCUT2D eigenvalue weighted by molar-refractivity contribution is -0.147. The number of carbonyl (C=O) groups is 3. The van der Waals surface area contributed by atoms with Gasteiger partial charge in [0.1, 0.15) is 11.6 Å². The average Bonchev–Trinajstić information content (AvgIpc) is 3.18. The van der Waals surface area contributed by atoms with Gasteiger partial charge in [0.05, 0.1) is 25.3 Å². The van der Waals surface area contributed by atoms with Gasteiger partial charge in [0.2, 0.25) is 11.8 Å². The van der Waals surface area contributed by atoms with Crippen LogP contribution in [0.4, 0.5) is 24.5 Å². The Labute approximate surface area is 212 Å². The molecule has 2 aromatic carbocycles. The van der Waals surface area contributed by atoms with E-state index in [2.05, 4.69) is 10.6 Å². The summed E-state index contributed by atoms with van der Waals surface area (Å²) in [7, 11) is 0. The Morgan fingerprint density at radius 2 is 1.73 bits per heavy atom. The van der Waals surface area contributed by atoms with Crippen LogP contribution >= 0.6 is 0 Å². The molecule has 198 valence electrons. The maximum Gasteiger partial charge on any atom is 0.416 e. The molecule has 0 bridgehead atoms. The summed E-state index contributed by atoms with van der Waals surface area (Å²) in [5.41, 5.74) is -0.494. The van der Waals surface area contributed by atoms with Crippen molar-refractivity contribution in [1.82, 2.24) is 10.2 Å². The summed E-state index contributed by atoms with van der Waals surface area (Å²) in [5, 5.41) is 5.55. The molecule has 0 aliphatic carbocycles. The Morgan fingerprint density at radius 1 is 1.08 bits per heavy atom. The smallest absolute Gasteiger partial charge is 0.416 e. The lowest BCUT2D eigenvalue weighted by Gasteiger charge is -2.45. The van der Waals surface area contributed by atoms with Gasteiger partial charge in [-0.05, 0) is 56.2 Å². The number of amides is 2. The van der Waals surface area contributed by atoms with Gasteiger partial charge in [-0.1, -0.05) is 18.2 Å². The van der Waals surface area contributed by atoms with Crippen LogP contribution in [-0.4, -0.2) is 60.6 Å². The second-order valence-electron chi connectivity index (χ2n) is 9.08. The van der Waals surface area contributed by atoms with Crippen LogP contribution in [0.2, 0.25) is 0 Å². The van der Waals surface area contributed by atoms with E-state index in [1.807, 2.05) is 40.1 Å². The van der Waals surface area contributed by atoms with Crippen LogP contribution in [0, 0.1) is 0 Å². The normalized spacial score (nSPS) is 18.4. The Hall–Kier alpha value is -3.60. The van der Waals surface area contributed by atoms with Crippen molar-refractivity contribution in [2.45, 2.75) is 43.9 Å². The summed E-state index contributed by atoms with van der Waals surface area (Å²) < 4.78 is 43.7. The van der Waals surface area contributed by atoms with Crippen LogP contribution in [0.3, 0.4) is 0 Å². The Kier molecular flexibility index (Phi) is 7.72.